The average molecular weight is 674 g/mol. The van der Waals surface area contributed by atoms with Crippen molar-refractivity contribution in [3.63, 3.8) is 0 Å². The molecule has 2 heterocycles. The van der Waals surface area contributed by atoms with E-state index < -0.39 is 46.6 Å². The predicted molar refractivity (Wildman–Crippen MR) is 180 cm³/mol. The van der Waals surface area contributed by atoms with Crippen LogP contribution in [-0.2, 0) is 30.9 Å². The van der Waals surface area contributed by atoms with Crippen LogP contribution in [0.5, 0.6) is 0 Å². The van der Waals surface area contributed by atoms with Crippen molar-refractivity contribution in [2.45, 2.75) is 44.8 Å². The minimum atomic E-state index is -4.88. The highest BCUT2D eigenvalue weighted by molar-refractivity contribution is 6.02. The number of carboxylic acids is 1. The lowest BCUT2D eigenvalue weighted by atomic mass is 9.90. The van der Waals surface area contributed by atoms with E-state index in [1.165, 1.54) is 48.9 Å². The van der Waals surface area contributed by atoms with E-state index in [1.807, 2.05) is 0 Å². The van der Waals surface area contributed by atoms with E-state index in [0.29, 0.717) is 28.3 Å². The van der Waals surface area contributed by atoms with Gasteiger partial charge in [0.15, 0.2) is 0 Å². The van der Waals surface area contributed by atoms with Gasteiger partial charge in [-0.1, -0.05) is 54.6 Å². The van der Waals surface area contributed by atoms with Crippen LogP contribution in [0.15, 0.2) is 77.6 Å². The molecule has 0 spiro atoms. The second kappa shape index (κ2) is 13.5. The molecular formula is C38H35F4N3O4. The molecule has 1 aliphatic rings. The van der Waals surface area contributed by atoms with Gasteiger partial charge in [-0.3, -0.25) is 9.59 Å². The van der Waals surface area contributed by atoms with Crippen molar-refractivity contribution in [3.8, 4) is 11.1 Å². The minimum absolute atomic E-state index is 0.0505. The highest BCUT2D eigenvalue weighted by atomic mass is 19.4. The van der Waals surface area contributed by atoms with E-state index in [0.717, 1.165) is 44.1 Å². The summed E-state index contributed by atoms with van der Waals surface area (Å²) in [6.07, 6.45) is -2.35. The van der Waals surface area contributed by atoms with Gasteiger partial charge in [-0.15, -0.1) is 0 Å². The van der Waals surface area contributed by atoms with Crippen LogP contribution in [0.2, 0.25) is 0 Å². The molecular weight excluding hydrogens is 638 g/mol. The van der Waals surface area contributed by atoms with Crippen LogP contribution in [0.4, 0.5) is 17.6 Å². The normalized spacial score (nSPS) is 14.4. The molecule has 4 aromatic carbocycles. The van der Waals surface area contributed by atoms with Crippen LogP contribution in [0.3, 0.4) is 0 Å². The molecule has 1 fully saturated rings. The van der Waals surface area contributed by atoms with Crippen molar-refractivity contribution >= 4 is 33.6 Å². The summed E-state index contributed by atoms with van der Waals surface area (Å²) in [5, 5.41) is 13.0. The van der Waals surface area contributed by atoms with Gasteiger partial charge in [-0.2, -0.15) is 13.2 Å². The Morgan fingerprint density at radius 1 is 0.939 bits per heavy atom. The lowest BCUT2D eigenvalue weighted by Gasteiger charge is -2.21. The fraction of sp³-hybridized carbons (Fsp3) is 0.289. The number of benzene rings is 4. The number of aromatic nitrogens is 1. The maximum atomic E-state index is 15.1. The number of amides is 1. The SMILES string of the molecule is Cc1cccc(F)c1C(=O)N[C@@H](Cc1cccc2c(-c3c(C(F)(F)F)c4cc(CCN5CCCC5)ccc4n(C)c3=O)cccc12)C(=O)O. The number of pyridine rings is 1. The molecule has 0 aliphatic carbocycles. The van der Waals surface area contributed by atoms with Crippen LogP contribution in [0.25, 0.3) is 32.8 Å². The van der Waals surface area contributed by atoms with Gasteiger partial charge >= 0.3 is 12.1 Å². The number of hydrogen-bond donors (Lipinski definition) is 2. The molecule has 2 N–H and O–H groups in total. The number of rotatable bonds is 9. The number of aryl methyl sites for hydroxylation is 2. The Labute approximate surface area is 279 Å². The van der Waals surface area contributed by atoms with Crippen LogP contribution >= 0.6 is 0 Å². The average Bonchev–Trinajstić information content (AvgIpc) is 3.58. The van der Waals surface area contributed by atoms with E-state index in [4.69, 9.17) is 0 Å². The predicted octanol–water partition coefficient (Wildman–Crippen LogP) is 6.89. The number of carboxylic acid groups (broad SMARTS) is 1. The number of carbonyl (C=O) groups is 2. The summed E-state index contributed by atoms with van der Waals surface area (Å²) in [5.74, 6) is -3.08. The second-order valence-electron chi connectivity index (χ2n) is 12.6. The van der Waals surface area contributed by atoms with Gasteiger partial charge in [0.2, 0.25) is 0 Å². The van der Waals surface area contributed by atoms with Crippen molar-refractivity contribution in [2.24, 2.45) is 7.05 Å². The molecule has 0 radical (unpaired) electrons. The van der Waals surface area contributed by atoms with Crippen molar-refractivity contribution in [2.75, 3.05) is 19.6 Å². The molecule has 49 heavy (non-hydrogen) atoms. The zero-order valence-corrected chi connectivity index (χ0v) is 27.0. The number of alkyl halides is 3. The number of nitrogens with zero attached hydrogens (tertiary/aromatic N) is 2. The lowest BCUT2D eigenvalue weighted by Crippen LogP contribution is -2.42. The molecule has 0 saturated carbocycles. The molecule has 7 nitrogen and oxygen atoms in total. The quantitative estimate of drug-likeness (QED) is 0.166. The summed E-state index contributed by atoms with van der Waals surface area (Å²) in [4.78, 5) is 41.4. The third kappa shape index (κ3) is 6.67. The zero-order valence-electron chi connectivity index (χ0n) is 27.0. The van der Waals surface area contributed by atoms with E-state index >= 15 is 13.2 Å². The van der Waals surface area contributed by atoms with Crippen LogP contribution in [0, 0.1) is 12.7 Å². The maximum Gasteiger partial charge on any atom is 0.417 e. The summed E-state index contributed by atoms with van der Waals surface area (Å²) < 4.78 is 61.0. The molecule has 0 unspecified atom stereocenters. The van der Waals surface area contributed by atoms with Gasteiger partial charge in [0.1, 0.15) is 11.9 Å². The standard InChI is InChI=1S/C38H35F4N3O4/c1-22-8-5-13-29(39)32(22)35(46)43-30(37(48)49)21-24-9-6-11-26-25(24)10-7-12-27(26)33-34(38(40,41)42)28-20-23(16-19-45-17-3-4-18-45)14-15-31(28)44(2)36(33)47/h5-15,20,30H,3-4,16-19,21H2,1-2H3,(H,43,46)(H,48,49)/t30-/m0/s1. The van der Waals surface area contributed by atoms with E-state index in [2.05, 4.69) is 10.2 Å². The molecule has 11 heteroatoms. The number of aliphatic carboxylic acids is 1. The first-order chi connectivity index (χ1) is 23.3. The first-order valence-corrected chi connectivity index (χ1v) is 16.1. The Balaban J connectivity index is 1.45. The molecule has 5 aromatic rings. The van der Waals surface area contributed by atoms with Gasteiger partial charge < -0.3 is 19.9 Å². The molecule has 1 amide bonds. The smallest absolute Gasteiger partial charge is 0.417 e. The molecule has 1 aromatic heterocycles. The summed E-state index contributed by atoms with van der Waals surface area (Å²) in [6.45, 7) is 4.19. The third-order valence-corrected chi connectivity index (χ3v) is 9.42. The number of carbonyl (C=O) groups excluding carboxylic acids is 1. The fourth-order valence-electron chi connectivity index (χ4n) is 6.93. The number of hydrogen-bond acceptors (Lipinski definition) is 4. The highest BCUT2D eigenvalue weighted by Crippen LogP contribution is 2.42. The summed E-state index contributed by atoms with van der Waals surface area (Å²) >= 11 is 0. The van der Waals surface area contributed by atoms with Gasteiger partial charge in [0, 0.05) is 25.4 Å². The summed E-state index contributed by atoms with van der Waals surface area (Å²) in [5.41, 5.74) is -0.935. The van der Waals surface area contributed by atoms with Crippen LogP contribution < -0.4 is 10.9 Å². The summed E-state index contributed by atoms with van der Waals surface area (Å²) in [7, 11) is 1.45. The van der Waals surface area contributed by atoms with E-state index in [1.54, 1.807) is 36.4 Å². The number of fused-ring (bicyclic) bond motifs is 2. The molecule has 1 saturated heterocycles. The van der Waals surface area contributed by atoms with Crippen LogP contribution in [-0.4, -0.2) is 52.1 Å². The molecule has 0 bridgehead atoms. The van der Waals surface area contributed by atoms with Gasteiger partial charge in [-0.25, -0.2) is 9.18 Å². The van der Waals surface area contributed by atoms with Crippen molar-refractivity contribution in [3.05, 3.63) is 117 Å². The minimum Gasteiger partial charge on any atom is -0.480 e. The van der Waals surface area contributed by atoms with Crippen molar-refractivity contribution in [1.29, 1.82) is 0 Å². The van der Waals surface area contributed by atoms with E-state index in [-0.39, 0.29) is 28.5 Å². The molecule has 1 aliphatic heterocycles. The van der Waals surface area contributed by atoms with E-state index in [9.17, 15) is 23.9 Å². The Hall–Kier alpha value is -5.03. The Bertz CT molecular complexity index is 2130. The number of likely N-dealkylation sites (tertiary alicyclic amines) is 1. The first-order valence-electron chi connectivity index (χ1n) is 16.1. The highest BCUT2D eigenvalue weighted by Gasteiger charge is 2.38. The molecule has 1 atom stereocenters. The van der Waals surface area contributed by atoms with Crippen LogP contribution in [0.1, 0.15) is 45.5 Å². The van der Waals surface area contributed by atoms with Gasteiger partial charge in [0.05, 0.1) is 22.2 Å². The summed E-state index contributed by atoms with van der Waals surface area (Å²) in [6, 6.07) is 16.8. The maximum absolute atomic E-state index is 15.1. The Kier molecular flexibility index (Phi) is 9.30. The topological polar surface area (TPSA) is 91.6 Å². The van der Waals surface area contributed by atoms with Crippen molar-refractivity contribution in [1.82, 2.24) is 14.8 Å². The van der Waals surface area contributed by atoms with Gasteiger partial charge in [0.25, 0.3) is 11.5 Å². The third-order valence-electron chi connectivity index (χ3n) is 9.42. The Morgan fingerprint density at radius 2 is 1.63 bits per heavy atom. The monoisotopic (exact) mass is 673 g/mol. The Morgan fingerprint density at radius 3 is 2.33 bits per heavy atom. The molecule has 6 rings (SSSR count). The molecule has 254 valence electrons. The van der Waals surface area contributed by atoms with Crippen molar-refractivity contribution < 1.29 is 32.3 Å². The fourth-order valence-corrected chi connectivity index (χ4v) is 6.93. The number of halogens is 4. The largest absolute Gasteiger partial charge is 0.480 e. The zero-order chi connectivity index (χ0) is 35.0. The number of nitrogens with one attached hydrogen (secondary N) is 1. The van der Waals surface area contributed by atoms with Gasteiger partial charge in [-0.05, 0) is 90.5 Å². The first kappa shape index (κ1) is 33.9. The lowest BCUT2D eigenvalue weighted by molar-refractivity contribution is -0.139. The second-order valence-corrected chi connectivity index (χ2v) is 12.6.